The lowest BCUT2D eigenvalue weighted by Crippen LogP contribution is -2.32. The fourth-order valence-electron chi connectivity index (χ4n) is 5.31. The number of ketones is 2. The first-order valence-corrected chi connectivity index (χ1v) is 14.8. The van der Waals surface area contributed by atoms with Crippen LogP contribution in [0.5, 0.6) is 0 Å². The zero-order valence-electron chi connectivity index (χ0n) is 24.8. The monoisotopic (exact) mass is 558 g/mol. The second-order valence-electron chi connectivity index (χ2n) is 11.7. The van der Waals surface area contributed by atoms with Crippen LogP contribution in [0.3, 0.4) is 0 Å². The lowest BCUT2D eigenvalue weighted by molar-refractivity contribution is -0.124. The van der Waals surface area contributed by atoms with Crippen molar-refractivity contribution >= 4 is 23.2 Å². The molecule has 41 heavy (non-hydrogen) atoms. The summed E-state index contributed by atoms with van der Waals surface area (Å²) in [5, 5.41) is 9.08. The van der Waals surface area contributed by atoms with Gasteiger partial charge in [0.1, 0.15) is 17.3 Å². The number of hydrogen-bond donors (Lipinski definition) is 0. The molecule has 0 spiro atoms. The maximum Gasteiger partial charge on any atom is 0.227 e. The standard InChI is InChI=1S/C33H42N4O4/c1-23(2)20-26(38)11-9-18-41-19-17-37-33-28-12-6-5-10-25(28)22-36(31(40)16-15-27(39)21-24(3)4)30-14-8-7-13-29(30)32(33)34-35-37/h5-8,10,12-14,23-24H,9,11,15-22H2,1-4H3. The summed E-state index contributed by atoms with van der Waals surface area (Å²) in [6.07, 6.45) is 2.77. The lowest BCUT2D eigenvalue weighted by Gasteiger charge is -2.28. The van der Waals surface area contributed by atoms with Crippen LogP contribution in [0.25, 0.3) is 22.5 Å². The summed E-state index contributed by atoms with van der Waals surface area (Å²) >= 11 is 0. The Morgan fingerprint density at radius 1 is 0.829 bits per heavy atom. The molecule has 1 aliphatic heterocycles. The van der Waals surface area contributed by atoms with E-state index in [1.165, 1.54) is 0 Å². The Kier molecular flexibility index (Phi) is 10.6. The second kappa shape index (κ2) is 14.3. The van der Waals surface area contributed by atoms with Crippen molar-refractivity contribution in [3.05, 3.63) is 54.1 Å². The van der Waals surface area contributed by atoms with E-state index in [9.17, 15) is 14.4 Å². The zero-order chi connectivity index (χ0) is 29.4. The largest absolute Gasteiger partial charge is 0.380 e. The number of para-hydroxylation sites is 1. The van der Waals surface area contributed by atoms with Gasteiger partial charge in [-0.1, -0.05) is 75.4 Å². The lowest BCUT2D eigenvalue weighted by atomic mass is 9.95. The summed E-state index contributed by atoms with van der Waals surface area (Å²) in [6.45, 7) is 10.0. The summed E-state index contributed by atoms with van der Waals surface area (Å²) in [5.41, 5.74) is 5.14. The Morgan fingerprint density at radius 2 is 1.49 bits per heavy atom. The molecule has 0 unspecified atom stereocenters. The number of ether oxygens (including phenoxy) is 1. The summed E-state index contributed by atoms with van der Waals surface area (Å²) < 4.78 is 7.74. The topological polar surface area (TPSA) is 94.4 Å². The Bertz CT molecular complexity index is 1360. The second-order valence-corrected chi connectivity index (χ2v) is 11.7. The van der Waals surface area contributed by atoms with Crippen LogP contribution in [0, 0.1) is 11.8 Å². The van der Waals surface area contributed by atoms with Crippen LogP contribution in [0.1, 0.15) is 71.8 Å². The van der Waals surface area contributed by atoms with E-state index in [4.69, 9.17) is 4.74 Å². The Labute approximate surface area is 243 Å². The van der Waals surface area contributed by atoms with Crippen molar-refractivity contribution in [3.8, 4) is 22.5 Å². The maximum absolute atomic E-state index is 13.6. The molecule has 4 rings (SSSR count). The predicted octanol–water partition coefficient (Wildman–Crippen LogP) is 6.27. The number of rotatable bonds is 14. The molecule has 8 nitrogen and oxygen atoms in total. The highest BCUT2D eigenvalue weighted by Gasteiger charge is 2.29. The fraction of sp³-hybridized carbons (Fsp3) is 0.485. The fourth-order valence-corrected chi connectivity index (χ4v) is 5.31. The van der Waals surface area contributed by atoms with Gasteiger partial charge in [0, 0.05) is 49.8 Å². The SMILES string of the molecule is CC(C)CC(=O)CCCOCCn1nnc2c1-c1ccccc1CN(C(=O)CCC(=O)CC(C)C)c1ccccc1-2. The van der Waals surface area contributed by atoms with Gasteiger partial charge >= 0.3 is 0 Å². The number of hydrogen-bond acceptors (Lipinski definition) is 6. The molecule has 2 aromatic carbocycles. The van der Waals surface area contributed by atoms with Gasteiger partial charge in [-0.2, -0.15) is 0 Å². The van der Waals surface area contributed by atoms with Gasteiger partial charge in [0.25, 0.3) is 0 Å². The quantitative estimate of drug-likeness (QED) is 0.217. The first kappa shape index (κ1) is 30.3. The number of aromatic nitrogens is 3. The number of amides is 1. The van der Waals surface area contributed by atoms with E-state index in [2.05, 4.69) is 24.2 Å². The molecular weight excluding hydrogens is 516 g/mol. The Morgan fingerprint density at radius 3 is 2.22 bits per heavy atom. The van der Waals surface area contributed by atoms with Crippen molar-refractivity contribution in [1.82, 2.24) is 15.0 Å². The van der Waals surface area contributed by atoms with E-state index < -0.39 is 0 Å². The molecule has 1 amide bonds. The molecule has 8 heteroatoms. The average molecular weight is 559 g/mol. The van der Waals surface area contributed by atoms with Gasteiger partial charge in [0.15, 0.2) is 0 Å². The zero-order valence-corrected chi connectivity index (χ0v) is 24.8. The molecule has 0 saturated carbocycles. The third-order valence-corrected chi connectivity index (χ3v) is 7.17. The number of nitrogens with zero attached hydrogens (tertiary/aromatic N) is 4. The van der Waals surface area contributed by atoms with Crippen molar-refractivity contribution in [3.63, 3.8) is 0 Å². The van der Waals surface area contributed by atoms with Gasteiger partial charge in [-0.25, -0.2) is 4.68 Å². The van der Waals surface area contributed by atoms with Crippen LogP contribution in [0.4, 0.5) is 5.69 Å². The predicted molar refractivity (Wildman–Crippen MR) is 160 cm³/mol. The first-order chi connectivity index (χ1) is 19.7. The van der Waals surface area contributed by atoms with E-state index in [1.54, 1.807) is 4.90 Å². The van der Waals surface area contributed by atoms with Gasteiger partial charge < -0.3 is 9.64 Å². The molecule has 0 bridgehead atoms. The summed E-state index contributed by atoms with van der Waals surface area (Å²) in [5.74, 6) is 0.972. The van der Waals surface area contributed by atoms with E-state index in [0.717, 1.165) is 28.1 Å². The van der Waals surface area contributed by atoms with Crippen LogP contribution in [0.15, 0.2) is 48.5 Å². The summed E-state index contributed by atoms with van der Waals surface area (Å²) in [7, 11) is 0. The molecule has 0 fully saturated rings. The van der Waals surface area contributed by atoms with Crippen molar-refractivity contribution in [2.75, 3.05) is 18.1 Å². The van der Waals surface area contributed by atoms with Gasteiger partial charge in [-0.15, -0.1) is 5.10 Å². The van der Waals surface area contributed by atoms with Gasteiger partial charge in [0.2, 0.25) is 5.91 Å². The molecule has 0 aliphatic carbocycles. The van der Waals surface area contributed by atoms with E-state index in [0.29, 0.717) is 63.6 Å². The molecule has 0 N–H and O–H groups in total. The van der Waals surface area contributed by atoms with Crippen molar-refractivity contribution in [1.29, 1.82) is 0 Å². The summed E-state index contributed by atoms with van der Waals surface area (Å²) in [4.78, 5) is 39.7. The minimum Gasteiger partial charge on any atom is -0.380 e. The number of Topliss-reactive ketones (excluding diaryl/α,β-unsaturated/α-hetero) is 2. The molecule has 0 atom stereocenters. The number of fused-ring (bicyclic) bond motifs is 5. The molecule has 1 aliphatic rings. The van der Waals surface area contributed by atoms with Gasteiger partial charge in [-0.3, -0.25) is 14.4 Å². The maximum atomic E-state index is 13.6. The van der Waals surface area contributed by atoms with Gasteiger partial charge in [-0.05, 0) is 29.9 Å². The van der Waals surface area contributed by atoms with Crippen molar-refractivity contribution in [2.45, 2.75) is 79.3 Å². The highest BCUT2D eigenvalue weighted by Crippen LogP contribution is 2.41. The number of carbonyl (C=O) groups is 3. The molecule has 1 aromatic heterocycles. The summed E-state index contributed by atoms with van der Waals surface area (Å²) in [6, 6.07) is 15.8. The average Bonchev–Trinajstić information content (AvgIpc) is 3.34. The molecule has 0 saturated heterocycles. The smallest absolute Gasteiger partial charge is 0.227 e. The van der Waals surface area contributed by atoms with E-state index in [-0.39, 0.29) is 36.2 Å². The van der Waals surface area contributed by atoms with Crippen LogP contribution < -0.4 is 4.90 Å². The van der Waals surface area contributed by atoms with Crippen LogP contribution in [-0.2, 0) is 32.2 Å². The first-order valence-electron chi connectivity index (χ1n) is 14.8. The third-order valence-electron chi connectivity index (χ3n) is 7.17. The number of benzene rings is 2. The third kappa shape index (κ3) is 7.97. The molecule has 0 radical (unpaired) electrons. The van der Waals surface area contributed by atoms with Crippen molar-refractivity contribution in [2.24, 2.45) is 11.8 Å². The molecule has 3 aromatic rings. The number of carbonyl (C=O) groups excluding carboxylic acids is 3. The Hall–Kier alpha value is -3.65. The minimum absolute atomic E-state index is 0.0829. The van der Waals surface area contributed by atoms with E-state index >= 15 is 0 Å². The highest BCUT2D eigenvalue weighted by atomic mass is 16.5. The van der Waals surface area contributed by atoms with Crippen LogP contribution in [0.2, 0.25) is 0 Å². The van der Waals surface area contributed by atoms with Crippen molar-refractivity contribution < 1.29 is 19.1 Å². The van der Waals surface area contributed by atoms with E-state index in [1.807, 2.05) is 67.1 Å². The van der Waals surface area contributed by atoms with Crippen LogP contribution >= 0.6 is 0 Å². The molecular formula is C33H42N4O4. The molecule has 2 heterocycles. The number of anilines is 1. The molecule has 218 valence electrons. The Balaban J connectivity index is 1.54. The van der Waals surface area contributed by atoms with Gasteiger partial charge in [0.05, 0.1) is 31.1 Å². The normalized spacial score (nSPS) is 12.5. The van der Waals surface area contributed by atoms with Crippen LogP contribution in [-0.4, -0.2) is 45.7 Å². The highest BCUT2D eigenvalue weighted by molar-refractivity contribution is 6.01. The minimum atomic E-state index is -0.0829.